The molecule has 26 heavy (non-hydrogen) atoms. The molecular weight excluding hydrogens is 367 g/mol. The van der Waals surface area contributed by atoms with Gasteiger partial charge in [-0.1, -0.05) is 19.6 Å². The minimum absolute atomic E-state index is 0.0389. The van der Waals surface area contributed by atoms with Gasteiger partial charge in [0.15, 0.2) is 0 Å². The molecule has 0 saturated heterocycles. The maximum atomic E-state index is 13.2. The molecular formula is C16H18F3N5OS. The predicted molar refractivity (Wildman–Crippen MR) is 93.8 cm³/mol. The highest BCUT2D eigenvalue weighted by Gasteiger charge is 2.34. The molecule has 0 bridgehead atoms. The van der Waals surface area contributed by atoms with Gasteiger partial charge in [0.25, 0.3) is 0 Å². The lowest BCUT2D eigenvalue weighted by Crippen LogP contribution is -2.16. The van der Waals surface area contributed by atoms with E-state index in [4.69, 9.17) is 0 Å². The van der Waals surface area contributed by atoms with E-state index in [1.54, 1.807) is 32.2 Å². The van der Waals surface area contributed by atoms with Gasteiger partial charge in [0, 0.05) is 38.9 Å². The minimum atomic E-state index is -4.53. The van der Waals surface area contributed by atoms with Crippen molar-refractivity contribution in [3.8, 4) is 11.4 Å². The molecule has 2 rings (SSSR count). The summed E-state index contributed by atoms with van der Waals surface area (Å²) in [5, 5.41) is 14.5. The van der Waals surface area contributed by atoms with E-state index in [1.807, 2.05) is 0 Å². The number of benzene rings is 1. The summed E-state index contributed by atoms with van der Waals surface area (Å²) in [5.74, 6) is 0.213. The topological polar surface area (TPSA) is 72.7 Å². The second-order valence-electron chi connectivity index (χ2n) is 5.34. The zero-order chi connectivity index (χ0) is 19.5. The number of nitrogens with one attached hydrogen (secondary N) is 1. The highest BCUT2D eigenvalue weighted by Crippen LogP contribution is 2.33. The van der Waals surface area contributed by atoms with E-state index in [2.05, 4.69) is 27.3 Å². The van der Waals surface area contributed by atoms with E-state index < -0.39 is 22.5 Å². The molecule has 0 spiro atoms. The van der Waals surface area contributed by atoms with Gasteiger partial charge in [-0.25, -0.2) is 0 Å². The van der Waals surface area contributed by atoms with E-state index in [-0.39, 0.29) is 17.9 Å². The van der Waals surface area contributed by atoms with Crippen LogP contribution < -0.4 is 5.32 Å². The van der Waals surface area contributed by atoms with Gasteiger partial charge in [0.2, 0.25) is 5.82 Å². The van der Waals surface area contributed by atoms with Gasteiger partial charge in [-0.15, -0.1) is 10.2 Å². The van der Waals surface area contributed by atoms with Crippen molar-refractivity contribution in [2.75, 3.05) is 11.6 Å². The maximum Gasteiger partial charge on any atom is 0.418 e. The summed E-state index contributed by atoms with van der Waals surface area (Å²) in [6.07, 6.45) is -2.14. The number of hydrogen-bond donors (Lipinski definition) is 1. The van der Waals surface area contributed by atoms with E-state index in [0.29, 0.717) is 16.1 Å². The fraction of sp³-hybridized carbons (Fsp3) is 0.312. The maximum absolute atomic E-state index is 13.2. The molecule has 1 atom stereocenters. The SMILES string of the molecule is C=C/C(=C(\CC)Nc1ccc([S@](C)=O)cc1-c1nnn(C)n1)C(F)(F)F. The van der Waals surface area contributed by atoms with Crippen LogP contribution in [0.1, 0.15) is 13.3 Å². The lowest BCUT2D eigenvalue weighted by atomic mass is 10.1. The standard InChI is InChI=1S/C16H18F3N5OS/c1-5-12(16(17,18)19)13(6-2)20-14-8-7-10(26(4)25)9-11(14)15-21-23-24(3)22-15/h5,7-9,20H,1,6H2,2-4H3/b13-12-/t26-/m0/s1. The molecule has 1 N–H and O–H groups in total. The van der Waals surface area contributed by atoms with Crippen LogP contribution in [0.15, 0.2) is 47.0 Å². The molecule has 1 heterocycles. The van der Waals surface area contributed by atoms with Crippen LogP contribution in [0.3, 0.4) is 0 Å². The first-order valence-corrected chi connectivity index (χ1v) is 9.14. The van der Waals surface area contributed by atoms with Crippen molar-refractivity contribution in [1.82, 2.24) is 20.2 Å². The van der Waals surface area contributed by atoms with Gasteiger partial charge in [0.1, 0.15) is 0 Å². The third kappa shape index (κ3) is 4.37. The molecule has 6 nitrogen and oxygen atoms in total. The average Bonchev–Trinajstić information content (AvgIpc) is 2.99. The van der Waals surface area contributed by atoms with Crippen LogP contribution in [-0.2, 0) is 17.8 Å². The Morgan fingerprint density at radius 3 is 2.58 bits per heavy atom. The van der Waals surface area contributed by atoms with E-state index in [9.17, 15) is 17.4 Å². The number of anilines is 1. The molecule has 0 amide bonds. The Hall–Kier alpha value is -2.49. The van der Waals surface area contributed by atoms with Crippen LogP contribution in [0.25, 0.3) is 11.4 Å². The molecule has 140 valence electrons. The molecule has 0 aliphatic carbocycles. The number of nitrogens with zero attached hydrogens (tertiary/aromatic N) is 4. The lowest BCUT2D eigenvalue weighted by molar-refractivity contribution is -0.0889. The van der Waals surface area contributed by atoms with E-state index in [0.717, 1.165) is 6.08 Å². The van der Waals surface area contributed by atoms with Crippen molar-refractivity contribution < 1.29 is 17.4 Å². The first-order chi connectivity index (χ1) is 12.2. The summed E-state index contributed by atoms with van der Waals surface area (Å²) in [6, 6.07) is 4.70. The van der Waals surface area contributed by atoms with Crippen LogP contribution in [0.5, 0.6) is 0 Å². The van der Waals surface area contributed by atoms with Crippen LogP contribution in [-0.4, -0.2) is 36.8 Å². The number of halogens is 3. The Kier molecular flexibility index (Phi) is 5.96. The number of tetrazole rings is 1. The highest BCUT2D eigenvalue weighted by atomic mass is 32.2. The van der Waals surface area contributed by atoms with Crippen molar-refractivity contribution in [2.45, 2.75) is 24.4 Å². The van der Waals surface area contributed by atoms with Crippen molar-refractivity contribution >= 4 is 16.5 Å². The largest absolute Gasteiger partial charge is 0.418 e. The minimum Gasteiger partial charge on any atom is -0.358 e. The average molecular weight is 385 g/mol. The predicted octanol–water partition coefficient (Wildman–Crippen LogP) is 3.44. The highest BCUT2D eigenvalue weighted by molar-refractivity contribution is 7.84. The number of aryl methyl sites for hydroxylation is 1. The molecule has 1 aromatic carbocycles. The molecule has 0 aliphatic rings. The molecule has 0 radical (unpaired) electrons. The fourth-order valence-electron chi connectivity index (χ4n) is 2.31. The Balaban J connectivity index is 2.60. The summed E-state index contributed by atoms with van der Waals surface area (Å²) in [4.78, 5) is 1.73. The van der Waals surface area contributed by atoms with Crippen LogP contribution in [0.2, 0.25) is 0 Å². The number of rotatable bonds is 6. The van der Waals surface area contributed by atoms with E-state index >= 15 is 0 Å². The van der Waals surface area contributed by atoms with Gasteiger partial charge in [-0.3, -0.25) is 4.21 Å². The molecule has 0 unspecified atom stereocenters. The van der Waals surface area contributed by atoms with Gasteiger partial charge in [-0.05, 0) is 29.8 Å². The third-order valence-electron chi connectivity index (χ3n) is 3.55. The first-order valence-electron chi connectivity index (χ1n) is 7.59. The van der Waals surface area contributed by atoms with Crippen LogP contribution in [0, 0.1) is 0 Å². The molecule has 0 aliphatic heterocycles. The molecule has 2 aromatic rings. The molecule has 0 fully saturated rings. The number of alkyl halides is 3. The van der Waals surface area contributed by atoms with Crippen molar-refractivity contribution in [3.05, 3.63) is 42.1 Å². The lowest BCUT2D eigenvalue weighted by Gasteiger charge is -2.18. The number of hydrogen-bond acceptors (Lipinski definition) is 5. The van der Waals surface area contributed by atoms with Crippen molar-refractivity contribution in [1.29, 1.82) is 0 Å². The zero-order valence-corrected chi connectivity index (χ0v) is 15.3. The number of aromatic nitrogens is 4. The Bertz CT molecular complexity index is 873. The summed E-state index contributed by atoms with van der Waals surface area (Å²) >= 11 is 0. The van der Waals surface area contributed by atoms with Crippen LogP contribution in [0.4, 0.5) is 18.9 Å². The summed E-state index contributed by atoms with van der Waals surface area (Å²) < 4.78 is 51.4. The Morgan fingerprint density at radius 1 is 1.42 bits per heavy atom. The van der Waals surface area contributed by atoms with Gasteiger partial charge in [-0.2, -0.15) is 18.0 Å². The third-order valence-corrected chi connectivity index (χ3v) is 4.46. The molecule has 0 saturated carbocycles. The van der Waals surface area contributed by atoms with Gasteiger partial charge >= 0.3 is 6.18 Å². The Labute approximate surface area is 151 Å². The quantitative estimate of drug-likeness (QED) is 0.771. The van der Waals surface area contributed by atoms with Gasteiger partial charge < -0.3 is 5.32 Å². The van der Waals surface area contributed by atoms with Crippen LogP contribution >= 0.6 is 0 Å². The van der Waals surface area contributed by atoms with Crippen molar-refractivity contribution in [2.24, 2.45) is 7.05 Å². The zero-order valence-electron chi connectivity index (χ0n) is 14.5. The molecule has 1 aromatic heterocycles. The summed E-state index contributed by atoms with van der Waals surface area (Å²) in [7, 11) is 0.300. The fourth-order valence-corrected chi connectivity index (χ4v) is 2.85. The number of allylic oxidation sites excluding steroid dienone is 3. The molecule has 10 heteroatoms. The first kappa shape index (κ1) is 19.8. The summed E-state index contributed by atoms with van der Waals surface area (Å²) in [5.41, 5.74) is -0.126. The summed E-state index contributed by atoms with van der Waals surface area (Å²) in [6.45, 7) is 4.87. The normalized spacial score (nSPS) is 13.9. The second kappa shape index (κ2) is 7.81. The second-order valence-corrected chi connectivity index (χ2v) is 6.72. The van der Waals surface area contributed by atoms with Crippen molar-refractivity contribution in [3.63, 3.8) is 0 Å². The van der Waals surface area contributed by atoms with E-state index in [1.165, 1.54) is 11.1 Å². The monoisotopic (exact) mass is 385 g/mol. The Morgan fingerprint density at radius 2 is 2.12 bits per heavy atom. The smallest absolute Gasteiger partial charge is 0.358 e. The van der Waals surface area contributed by atoms with Gasteiger partial charge in [0.05, 0.1) is 12.6 Å².